The summed E-state index contributed by atoms with van der Waals surface area (Å²) in [5.74, 6) is -1.57. The monoisotopic (exact) mass is 292 g/mol. The molecule has 2 aliphatic carbocycles. The van der Waals surface area contributed by atoms with Crippen LogP contribution in [-0.4, -0.2) is 37.9 Å². The van der Waals surface area contributed by atoms with E-state index in [9.17, 15) is 14.4 Å². The lowest BCUT2D eigenvalue weighted by Crippen LogP contribution is -2.55. The van der Waals surface area contributed by atoms with Gasteiger partial charge in [0.25, 0.3) is 0 Å². The summed E-state index contributed by atoms with van der Waals surface area (Å²) in [7, 11) is 2.83. The lowest BCUT2D eigenvalue weighted by atomic mass is 9.56. The molecule has 0 aromatic rings. The highest BCUT2D eigenvalue weighted by Gasteiger charge is 2.56. The third-order valence-corrected chi connectivity index (χ3v) is 4.63. The molecular weight excluding hydrogens is 272 g/mol. The summed E-state index contributed by atoms with van der Waals surface area (Å²) in [6.45, 7) is 3.37. The van der Waals surface area contributed by atoms with Crippen LogP contribution >= 0.6 is 0 Å². The highest BCUT2D eigenvalue weighted by atomic mass is 16.5. The Bertz CT molecular complexity index is 545. The second-order valence-electron chi connectivity index (χ2n) is 5.80. The van der Waals surface area contributed by atoms with Gasteiger partial charge in [-0.15, -0.1) is 0 Å². The van der Waals surface area contributed by atoms with E-state index in [0.717, 1.165) is 0 Å². The Balaban J connectivity index is 2.49. The van der Waals surface area contributed by atoms with Gasteiger partial charge in [0, 0.05) is 13.0 Å². The molecule has 5 nitrogen and oxygen atoms in total. The van der Waals surface area contributed by atoms with Crippen LogP contribution in [0.4, 0.5) is 0 Å². The number of hydrogen-bond acceptors (Lipinski definition) is 5. The van der Waals surface area contributed by atoms with Gasteiger partial charge in [-0.05, 0) is 31.4 Å². The highest BCUT2D eigenvalue weighted by molar-refractivity contribution is 6.13. The minimum atomic E-state index is -0.973. The van der Waals surface area contributed by atoms with Gasteiger partial charge in [-0.25, -0.2) is 0 Å². The first-order valence-corrected chi connectivity index (χ1v) is 6.91. The maximum atomic E-state index is 12.6. The minimum Gasteiger partial charge on any atom is -0.469 e. The third kappa shape index (κ3) is 2.35. The van der Waals surface area contributed by atoms with Gasteiger partial charge in [-0.2, -0.15) is 0 Å². The Kier molecular flexibility index (Phi) is 4.14. The maximum Gasteiger partial charge on any atom is 0.306 e. The van der Waals surface area contributed by atoms with Gasteiger partial charge < -0.3 is 9.47 Å². The number of carbonyl (C=O) groups excluding carboxylic acids is 3. The first-order chi connectivity index (χ1) is 9.86. The molecule has 0 saturated heterocycles. The Morgan fingerprint density at radius 3 is 2.52 bits per heavy atom. The largest absolute Gasteiger partial charge is 0.469 e. The Labute approximate surface area is 124 Å². The molecule has 4 atom stereocenters. The molecule has 0 radical (unpaired) electrons. The van der Waals surface area contributed by atoms with Crippen LogP contribution in [0.15, 0.2) is 23.8 Å². The van der Waals surface area contributed by atoms with Crippen molar-refractivity contribution in [1.82, 2.24) is 0 Å². The lowest BCUT2D eigenvalue weighted by Gasteiger charge is -2.46. The predicted molar refractivity (Wildman–Crippen MR) is 75.4 cm³/mol. The predicted octanol–water partition coefficient (Wildman–Crippen LogP) is 1.47. The second-order valence-corrected chi connectivity index (χ2v) is 5.80. The summed E-state index contributed by atoms with van der Waals surface area (Å²) >= 11 is 0. The molecular formula is C16H20O5. The second kappa shape index (κ2) is 5.56. The SMILES string of the molecule is COC(=O)CC1C=CC(OC)[C@@]2(C)C(=O)C=C(C)C(=O)[C@@H]12. The van der Waals surface area contributed by atoms with Gasteiger partial charge >= 0.3 is 5.97 Å². The standard InChI is InChI=1S/C16H20O5/c1-9-7-11(17)16(2)12(20-3)6-5-10(8-13(18)21-4)14(16)15(9)19/h5-7,10,12,14H,8H2,1-4H3/t10?,12?,14-,16-/m1/s1. The Hall–Kier alpha value is -1.75. The molecule has 0 saturated carbocycles. The molecule has 2 rings (SSSR count). The van der Waals surface area contributed by atoms with E-state index in [-0.39, 0.29) is 23.9 Å². The number of carbonyl (C=O) groups is 3. The van der Waals surface area contributed by atoms with Crippen molar-refractivity contribution >= 4 is 17.5 Å². The van der Waals surface area contributed by atoms with Gasteiger partial charge in [0.05, 0.1) is 25.0 Å². The Morgan fingerprint density at radius 2 is 1.95 bits per heavy atom. The normalized spacial score (nSPS) is 35.2. The van der Waals surface area contributed by atoms with Gasteiger partial charge in [0.1, 0.15) is 0 Å². The fraction of sp³-hybridized carbons (Fsp3) is 0.562. The quantitative estimate of drug-likeness (QED) is 0.582. The van der Waals surface area contributed by atoms with E-state index in [1.807, 2.05) is 0 Å². The maximum absolute atomic E-state index is 12.6. The number of ketones is 2. The number of allylic oxidation sites excluding steroid dienone is 3. The van der Waals surface area contributed by atoms with Gasteiger partial charge in [0.2, 0.25) is 0 Å². The number of fused-ring (bicyclic) bond motifs is 1. The van der Waals surface area contributed by atoms with Crippen molar-refractivity contribution in [3.05, 3.63) is 23.8 Å². The van der Waals surface area contributed by atoms with Crippen LogP contribution in [0.3, 0.4) is 0 Å². The summed E-state index contributed by atoms with van der Waals surface area (Å²) < 4.78 is 10.1. The van der Waals surface area contributed by atoms with Crippen molar-refractivity contribution in [2.24, 2.45) is 17.3 Å². The van der Waals surface area contributed by atoms with E-state index in [2.05, 4.69) is 0 Å². The molecule has 0 spiro atoms. The number of methoxy groups -OCH3 is 2. The molecule has 5 heteroatoms. The summed E-state index contributed by atoms with van der Waals surface area (Å²) in [5.41, 5.74) is -0.541. The number of hydrogen-bond donors (Lipinski definition) is 0. The van der Waals surface area contributed by atoms with Gasteiger partial charge in [-0.3, -0.25) is 14.4 Å². The fourth-order valence-electron chi connectivity index (χ4n) is 3.39. The Morgan fingerprint density at radius 1 is 1.29 bits per heavy atom. The van der Waals surface area contributed by atoms with E-state index < -0.39 is 23.4 Å². The average Bonchev–Trinajstić information content (AvgIpc) is 2.45. The molecule has 0 N–H and O–H groups in total. The minimum absolute atomic E-state index is 0.0794. The molecule has 21 heavy (non-hydrogen) atoms. The van der Waals surface area contributed by atoms with Crippen molar-refractivity contribution in [2.75, 3.05) is 14.2 Å². The molecule has 0 aliphatic heterocycles. The van der Waals surface area contributed by atoms with Crippen LogP contribution in [0.5, 0.6) is 0 Å². The average molecular weight is 292 g/mol. The van der Waals surface area contributed by atoms with E-state index in [4.69, 9.17) is 9.47 Å². The van der Waals surface area contributed by atoms with E-state index in [1.165, 1.54) is 20.3 Å². The molecule has 2 unspecified atom stereocenters. The van der Waals surface area contributed by atoms with Crippen molar-refractivity contribution in [2.45, 2.75) is 26.4 Å². The van der Waals surface area contributed by atoms with E-state index in [0.29, 0.717) is 5.57 Å². The molecule has 0 fully saturated rings. The zero-order valence-corrected chi connectivity index (χ0v) is 12.7. The highest BCUT2D eigenvalue weighted by Crippen LogP contribution is 2.48. The van der Waals surface area contributed by atoms with Crippen LogP contribution in [0.1, 0.15) is 20.3 Å². The van der Waals surface area contributed by atoms with Crippen LogP contribution in [0.25, 0.3) is 0 Å². The van der Waals surface area contributed by atoms with Crippen LogP contribution in [-0.2, 0) is 23.9 Å². The summed E-state index contributed by atoms with van der Waals surface area (Å²) in [5, 5.41) is 0. The van der Waals surface area contributed by atoms with Gasteiger partial charge in [-0.1, -0.05) is 12.2 Å². The van der Waals surface area contributed by atoms with Crippen molar-refractivity contribution in [3.8, 4) is 0 Å². The molecule has 2 aliphatic rings. The van der Waals surface area contributed by atoms with E-state index >= 15 is 0 Å². The zero-order chi connectivity index (χ0) is 15.8. The number of esters is 1. The van der Waals surface area contributed by atoms with Crippen molar-refractivity contribution in [3.63, 3.8) is 0 Å². The molecule has 0 bridgehead atoms. The number of Topliss-reactive ketones (excluding diaryl/α,β-unsaturated/α-hetero) is 1. The summed E-state index contributed by atoms with van der Waals surface area (Å²) in [4.78, 5) is 36.7. The van der Waals surface area contributed by atoms with Crippen molar-refractivity contribution in [1.29, 1.82) is 0 Å². The molecule has 114 valence electrons. The van der Waals surface area contributed by atoms with Crippen LogP contribution in [0.2, 0.25) is 0 Å². The first kappa shape index (κ1) is 15.6. The fourth-order valence-corrected chi connectivity index (χ4v) is 3.39. The summed E-state index contributed by atoms with van der Waals surface area (Å²) in [6.07, 6.45) is 4.55. The molecule has 0 aromatic carbocycles. The van der Waals surface area contributed by atoms with E-state index in [1.54, 1.807) is 26.0 Å². The number of rotatable bonds is 3. The third-order valence-electron chi connectivity index (χ3n) is 4.63. The van der Waals surface area contributed by atoms with Crippen molar-refractivity contribution < 1.29 is 23.9 Å². The lowest BCUT2D eigenvalue weighted by molar-refractivity contribution is -0.150. The van der Waals surface area contributed by atoms with Crippen LogP contribution in [0, 0.1) is 17.3 Å². The molecule has 0 aromatic heterocycles. The first-order valence-electron chi connectivity index (χ1n) is 6.91. The van der Waals surface area contributed by atoms with Gasteiger partial charge in [0.15, 0.2) is 11.6 Å². The zero-order valence-electron chi connectivity index (χ0n) is 12.7. The molecule has 0 amide bonds. The number of ether oxygens (including phenoxy) is 2. The smallest absolute Gasteiger partial charge is 0.306 e. The summed E-state index contributed by atoms with van der Waals surface area (Å²) in [6, 6.07) is 0. The topological polar surface area (TPSA) is 69.7 Å². The molecule has 0 heterocycles. The van der Waals surface area contributed by atoms with Crippen LogP contribution < -0.4 is 0 Å².